The summed E-state index contributed by atoms with van der Waals surface area (Å²) in [7, 11) is 0. The maximum atomic E-state index is 11.7. The molecule has 0 radical (unpaired) electrons. The lowest BCUT2D eigenvalue weighted by atomic mass is 10.3. The first kappa shape index (κ1) is 10.9. The molecule has 2 aromatic heterocycles. The number of nitriles is 1. The molecular formula is C12H8N4OS. The van der Waals surface area contributed by atoms with Gasteiger partial charge in [-0.3, -0.25) is 9.69 Å². The molecule has 0 saturated carbocycles. The van der Waals surface area contributed by atoms with E-state index >= 15 is 0 Å². The van der Waals surface area contributed by atoms with E-state index in [1.165, 1.54) is 4.90 Å². The lowest BCUT2D eigenvalue weighted by Gasteiger charge is -2.11. The third-order valence-corrected chi connectivity index (χ3v) is 3.58. The number of aromatic nitrogens is 2. The highest BCUT2D eigenvalue weighted by atomic mass is 32.1. The normalized spacial score (nSPS) is 13.5. The summed E-state index contributed by atoms with van der Waals surface area (Å²) in [5.41, 5.74) is 0.788. The molecule has 18 heavy (non-hydrogen) atoms. The second-order valence-electron chi connectivity index (χ2n) is 3.83. The zero-order valence-electron chi connectivity index (χ0n) is 9.33. The van der Waals surface area contributed by atoms with E-state index in [0.717, 1.165) is 10.4 Å². The van der Waals surface area contributed by atoms with Gasteiger partial charge < -0.3 is 0 Å². The van der Waals surface area contributed by atoms with Crippen molar-refractivity contribution in [2.45, 2.75) is 6.42 Å². The SMILES string of the molecule is N#CCN1C(=O)Cc2cnc(-c3cccs3)nc21. The van der Waals surface area contributed by atoms with Crippen LogP contribution in [-0.2, 0) is 11.2 Å². The number of thiophene rings is 1. The molecule has 6 heteroatoms. The topological polar surface area (TPSA) is 69.9 Å². The number of nitrogens with zero attached hydrogens (tertiary/aromatic N) is 4. The van der Waals surface area contributed by atoms with Crippen molar-refractivity contribution in [1.29, 1.82) is 5.26 Å². The zero-order chi connectivity index (χ0) is 12.5. The molecule has 0 saturated heterocycles. The Morgan fingerprint density at radius 2 is 2.44 bits per heavy atom. The van der Waals surface area contributed by atoms with Crippen molar-refractivity contribution in [2.75, 3.05) is 11.4 Å². The highest BCUT2D eigenvalue weighted by molar-refractivity contribution is 7.13. The van der Waals surface area contributed by atoms with Gasteiger partial charge in [-0.2, -0.15) is 5.26 Å². The van der Waals surface area contributed by atoms with Gasteiger partial charge in [0.1, 0.15) is 12.4 Å². The molecule has 0 spiro atoms. The van der Waals surface area contributed by atoms with Gasteiger partial charge in [0.2, 0.25) is 5.91 Å². The van der Waals surface area contributed by atoms with Gasteiger partial charge in [-0.05, 0) is 11.4 Å². The minimum atomic E-state index is -0.0934. The highest BCUT2D eigenvalue weighted by Gasteiger charge is 2.29. The van der Waals surface area contributed by atoms with Crippen LogP contribution >= 0.6 is 11.3 Å². The predicted molar refractivity (Wildman–Crippen MR) is 67.0 cm³/mol. The van der Waals surface area contributed by atoms with Gasteiger partial charge in [0.05, 0.1) is 17.4 Å². The first-order valence-electron chi connectivity index (χ1n) is 5.36. The second kappa shape index (κ2) is 4.20. The van der Waals surface area contributed by atoms with Crippen LogP contribution in [-0.4, -0.2) is 22.4 Å². The van der Waals surface area contributed by atoms with E-state index < -0.39 is 0 Å². The fourth-order valence-electron chi connectivity index (χ4n) is 1.89. The largest absolute Gasteiger partial charge is 0.282 e. The van der Waals surface area contributed by atoms with Crippen molar-refractivity contribution < 1.29 is 4.79 Å². The van der Waals surface area contributed by atoms with Gasteiger partial charge in [0.25, 0.3) is 0 Å². The standard InChI is InChI=1S/C12H8N4OS/c13-3-4-16-10(17)6-8-7-14-11(15-12(8)16)9-2-1-5-18-9/h1-2,5,7H,4,6H2. The fourth-order valence-corrected chi connectivity index (χ4v) is 2.56. The summed E-state index contributed by atoms with van der Waals surface area (Å²) in [6, 6.07) is 5.84. The molecule has 3 heterocycles. The zero-order valence-corrected chi connectivity index (χ0v) is 10.1. The molecule has 88 valence electrons. The molecule has 3 rings (SSSR count). The van der Waals surface area contributed by atoms with Crippen molar-refractivity contribution in [3.63, 3.8) is 0 Å². The van der Waals surface area contributed by atoms with Crippen LogP contribution in [0.2, 0.25) is 0 Å². The number of carbonyl (C=O) groups excluding carboxylic acids is 1. The van der Waals surface area contributed by atoms with Gasteiger partial charge in [0.15, 0.2) is 5.82 Å². The van der Waals surface area contributed by atoms with Crippen LogP contribution in [0.4, 0.5) is 5.82 Å². The minimum absolute atomic E-state index is 0.0345. The van der Waals surface area contributed by atoms with Crippen molar-refractivity contribution in [2.24, 2.45) is 0 Å². The summed E-state index contributed by atoms with van der Waals surface area (Å²) < 4.78 is 0. The molecule has 0 N–H and O–H groups in total. The van der Waals surface area contributed by atoms with Gasteiger partial charge in [-0.15, -0.1) is 11.3 Å². The minimum Gasteiger partial charge on any atom is -0.282 e. The van der Waals surface area contributed by atoms with Crippen LogP contribution in [0.1, 0.15) is 5.56 Å². The average molecular weight is 256 g/mol. The number of carbonyl (C=O) groups is 1. The van der Waals surface area contributed by atoms with Gasteiger partial charge >= 0.3 is 0 Å². The van der Waals surface area contributed by atoms with Crippen molar-refractivity contribution in [3.05, 3.63) is 29.3 Å². The van der Waals surface area contributed by atoms with Crippen molar-refractivity contribution in [3.8, 4) is 16.8 Å². The van der Waals surface area contributed by atoms with E-state index in [-0.39, 0.29) is 18.9 Å². The predicted octanol–water partition coefficient (Wildman–Crippen LogP) is 1.62. The summed E-state index contributed by atoms with van der Waals surface area (Å²) >= 11 is 1.54. The Balaban J connectivity index is 2.06. The maximum absolute atomic E-state index is 11.7. The molecule has 0 aromatic carbocycles. The number of hydrogen-bond donors (Lipinski definition) is 0. The number of fused-ring (bicyclic) bond motifs is 1. The third kappa shape index (κ3) is 1.65. The van der Waals surface area contributed by atoms with Crippen LogP contribution in [0.5, 0.6) is 0 Å². The molecule has 0 bridgehead atoms. The molecule has 2 aromatic rings. The lowest BCUT2D eigenvalue weighted by molar-refractivity contribution is -0.117. The van der Waals surface area contributed by atoms with Gasteiger partial charge in [-0.1, -0.05) is 6.07 Å². The Morgan fingerprint density at radius 1 is 1.56 bits per heavy atom. The molecule has 1 aliphatic heterocycles. The molecule has 5 nitrogen and oxygen atoms in total. The van der Waals surface area contributed by atoms with E-state index in [4.69, 9.17) is 5.26 Å². The van der Waals surface area contributed by atoms with Crippen LogP contribution in [0, 0.1) is 11.3 Å². The van der Waals surface area contributed by atoms with Crippen molar-refractivity contribution in [1.82, 2.24) is 9.97 Å². The average Bonchev–Trinajstić information content (AvgIpc) is 2.98. The lowest BCUT2D eigenvalue weighted by Crippen LogP contribution is -2.27. The second-order valence-corrected chi connectivity index (χ2v) is 4.78. The molecule has 0 atom stereocenters. The van der Waals surface area contributed by atoms with Gasteiger partial charge in [-0.25, -0.2) is 9.97 Å². The fraction of sp³-hybridized carbons (Fsp3) is 0.167. The smallest absolute Gasteiger partial charge is 0.233 e. The first-order valence-corrected chi connectivity index (χ1v) is 6.24. The van der Waals surface area contributed by atoms with Crippen LogP contribution < -0.4 is 4.90 Å². The summed E-state index contributed by atoms with van der Waals surface area (Å²) in [6.45, 7) is 0.0345. The quantitative estimate of drug-likeness (QED) is 0.765. The first-order chi connectivity index (χ1) is 8.79. The molecule has 0 unspecified atom stereocenters. The number of rotatable bonds is 2. The Morgan fingerprint density at radius 3 is 3.17 bits per heavy atom. The Bertz CT molecular complexity index is 645. The Labute approximate surface area is 107 Å². The van der Waals surface area contributed by atoms with E-state index in [0.29, 0.717) is 11.6 Å². The number of amides is 1. The van der Waals surface area contributed by atoms with Crippen molar-refractivity contribution >= 4 is 23.1 Å². The van der Waals surface area contributed by atoms with Crippen LogP contribution in [0.3, 0.4) is 0 Å². The summed E-state index contributed by atoms with van der Waals surface area (Å²) in [5, 5.41) is 10.7. The van der Waals surface area contributed by atoms with E-state index in [9.17, 15) is 4.79 Å². The van der Waals surface area contributed by atoms with Gasteiger partial charge in [0, 0.05) is 11.8 Å². The van der Waals surface area contributed by atoms with Crippen LogP contribution in [0.15, 0.2) is 23.7 Å². The number of hydrogen-bond acceptors (Lipinski definition) is 5. The number of anilines is 1. The molecule has 0 aliphatic carbocycles. The highest BCUT2D eigenvalue weighted by Crippen LogP contribution is 2.29. The molecule has 1 aliphatic rings. The van der Waals surface area contributed by atoms with E-state index in [1.807, 2.05) is 23.6 Å². The molecular weight excluding hydrogens is 248 g/mol. The summed E-state index contributed by atoms with van der Waals surface area (Å²) in [5.74, 6) is 1.07. The summed E-state index contributed by atoms with van der Waals surface area (Å²) in [6.07, 6.45) is 1.95. The Kier molecular flexibility index (Phi) is 2.54. The summed E-state index contributed by atoms with van der Waals surface area (Å²) in [4.78, 5) is 22.8. The van der Waals surface area contributed by atoms with E-state index in [2.05, 4.69) is 9.97 Å². The maximum Gasteiger partial charge on any atom is 0.233 e. The Hall–Kier alpha value is -2.26. The van der Waals surface area contributed by atoms with E-state index in [1.54, 1.807) is 17.5 Å². The van der Waals surface area contributed by atoms with Crippen LogP contribution in [0.25, 0.3) is 10.7 Å². The third-order valence-electron chi connectivity index (χ3n) is 2.71. The molecule has 1 amide bonds. The monoisotopic (exact) mass is 256 g/mol. The molecule has 0 fully saturated rings.